The zero-order chi connectivity index (χ0) is 19.1. The van der Waals surface area contributed by atoms with E-state index >= 15 is 0 Å². The molecule has 142 valence electrons. The summed E-state index contributed by atoms with van der Waals surface area (Å²) in [5, 5.41) is 11.0. The van der Waals surface area contributed by atoms with Crippen molar-refractivity contribution in [2.45, 2.75) is 45.6 Å². The molecule has 0 amide bonds. The molecular weight excluding hydrogens is 359 g/mol. The van der Waals surface area contributed by atoms with Crippen molar-refractivity contribution < 1.29 is 9.90 Å². The molecular formula is C21H25N2O3P. The number of carbonyl (C=O) groups is 1. The molecule has 2 heterocycles. The van der Waals surface area contributed by atoms with E-state index in [1.54, 1.807) is 6.20 Å². The highest BCUT2D eigenvalue weighted by Gasteiger charge is 2.53. The molecule has 2 aromatic rings. The van der Waals surface area contributed by atoms with Gasteiger partial charge in [-0.2, -0.15) is 0 Å². The molecule has 1 aliphatic heterocycles. The summed E-state index contributed by atoms with van der Waals surface area (Å²) in [6, 6.07) is 2.19. The summed E-state index contributed by atoms with van der Waals surface area (Å²) in [4.78, 5) is 26.9. The van der Waals surface area contributed by atoms with Crippen molar-refractivity contribution >= 4 is 37.1 Å². The number of anilines is 1. The van der Waals surface area contributed by atoms with E-state index in [9.17, 15) is 14.7 Å². The summed E-state index contributed by atoms with van der Waals surface area (Å²) in [6.07, 6.45) is 6.28. The largest absolute Gasteiger partial charge is 0.477 e. The lowest BCUT2D eigenvalue weighted by Crippen LogP contribution is -2.27. The van der Waals surface area contributed by atoms with Gasteiger partial charge in [0.15, 0.2) is 0 Å². The van der Waals surface area contributed by atoms with Crippen LogP contribution in [0.4, 0.5) is 5.69 Å². The summed E-state index contributed by atoms with van der Waals surface area (Å²) in [6.45, 7) is 6.58. The first-order valence-electron chi connectivity index (χ1n) is 9.78. The molecule has 5 rings (SSSR count). The molecule has 3 fully saturated rings. The van der Waals surface area contributed by atoms with Crippen molar-refractivity contribution in [2.75, 3.05) is 18.0 Å². The average Bonchev–Trinajstić information content (AvgIpc) is 3.49. The predicted octanol–water partition coefficient (Wildman–Crippen LogP) is 3.08. The second-order valence-corrected chi connectivity index (χ2v) is 9.42. The molecule has 5 nitrogen and oxygen atoms in total. The van der Waals surface area contributed by atoms with Crippen molar-refractivity contribution in [3.8, 4) is 0 Å². The second kappa shape index (κ2) is 5.57. The Morgan fingerprint density at radius 2 is 2.04 bits per heavy atom. The van der Waals surface area contributed by atoms with Gasteiger partial charge in [0.25, 0.3) is 0 Å². The van der Waals surface area contributed by atoms with Crippen molar-refractivity contribution in [3.05, 3.63) is 33.6 Å². The second-order valence-electron chi connectivity index (χ2n) is 8.80. The van der Waals surface area contributed by atoms with E-state index in [1.807, 2.05) is 6.07 Å². The molecule has 1 aromatic heterocycles. The van der Waals surface area contributed by atoms with Crippen LogP contribution in [-0.2, 0) is 0 Å². The molecule has 0 bridgehead atoms. The van der Waals surface area contributed by atoms with Crippen LogP contribution in [0.1, 0.15) is 54.6 Å². The van der Waals surface area contributed by atoms with E-state index in [0.29, 0.717) is 22.8 Å². The van der Waals surface area contributed by atoms with Crippen molar-refractivity contribution in [2.24, 2.45) is 11.3 Å². The number of rotatable bonds is 3. The van der Waals surface area contributed by atoms with Gasteiger partial charge in [-0.05, 0) is 60.9 Å². The first-order chi connectivity index (χ1) is 12.8. The van der Waals surface area contributed by atoms with Gasteiger partial charge >= 0.3 is 5.97 Å². The first-order valence-corrected chi connectivity index (χ1v) is 10.4. The maximum Gasteiger partial charge on any atom is 0.341 e. The number of carboxylic acids is 1. The molecule has 0 radical (unpaired) electrons. The van der Waals surface area contributed by atoms with Crippen molar-refractivity contribution in [3.63, 3.8) is 0 Å². The maximum atomic E-state index is 12.9. The van der Waals surface area contributed by atoms with Gasteiger partial charge in [-0.3, -0.25) is 4.79 Å². The van der Waals surface area contributed by atoms with Crippen LogP contribution < -0.4 is 15.6 Å². The lowest BCUT2D eigenvalue weighted by molar-refractivity contribution is 0.0695. The number of hydrogen-bond acceptors (Lipinski definition) is 3. The van der Waals surface area contributed by atoms with Gasteiger partial charge in [0.2, 0.25) is 5.43 Å². The number of benzene rings is 1. The molecule has 1 unspecified atom stereocenters. The molecule has 2 aliphatic carbocycles. The third kappa shape index (κ3) is 2.47. The smallest absolute Gasteiger partial charge is 0.341 e. The van der Waals surface area contributed by atoms with Crippen LogP contribution in [0, 0.1) is 18.3 Å². The van der Waals surface area contributed by atoms with Gasteiger partial charge in [0.1, 0.15) is 5.56 Å². The third-order valence-electron chi connectivity index (χ3n) is 6.98. The van der Waals surface area contributed by atoms with Gasteiger partial charge in [-0.1, -0.05) is 6.92 Å². The Morgan fingerprint density at radius 3 is 2.59 bits per heavy atom. The number of pyridine rings is 1. The number of aromatic carboxylic acids is 1. The molecule has 2 atom stereocenters. The van der Waals surface area contributed by atoms with Crippen LogP contribution in [0.5, 0.6) is 0 Å². The van der Waals surface area contributed by atoms with Gasteiger partial charge in [0.05, 0.1) is 5.52 Å². The fraction of sp³-hybridized carbons (Fsp3) is 0.524. The van der Waals surface area contributed by atoms with E-state index in [0.717, 1.165) is 42.3 Å². The Bertz CT molecular complexity index is 1050. The van der Waals surface area contributed by atoms with E-state index in [1.165, 1.54) is 18.5 Å². The molecule has 1 spiro atoms. The fourth-order valence-electron chi connectivity index (χ4n) is 5.06. The monoisotopic (exact) mass is 384 g/mol. The van der Waals surface area contributed by atoms with Gasteiger partial charge < -0.3 is 14.6 Å². The minimum absolute atomic E-state index is 0.127. The van der Waals surface area contributed by atoms with E-state index in [-0.39, 0.29) is 11.0 Å². The zero-order valence-electron chi connectivity index (χ0n) is 15.8. The van der Waals surface area contributed by atoms with Gasteiger partial charge in [-0.25, -0.2) is 4.79 Å². The van der Waals surface area contributed by atoms with Crippen LogP contribution >= 0.6 is 9.24 Å². The summed E-state index contributed by atoms with van der Waals surface area (Å²) < 4.78 is 2.05. The highest BCUT2D eigenvalue weighted by molar-refractivity contribution is 7.28. The Hall–Kier alpha value is -1.87. The van der Waals surface area contributed by atoms with Crippen molar-refractivity contribution in [1.29, 1.82) is 0 Å². The number of carboxylic acid groups (broad SMARTS) is 1. The van der Waals surface area contributed by atoms with Gasteiger partial charge in [0, 0.05) is 36.4 Å². The molecule has 2 saturated carbocycles. The molecule has 6 heteroatoms. The van der Waals surface area contributed by atoms with Gasteiger partial charge in [-0.15, -0.1) is 9.24 Å². The van der Waals surface area contributed by atoms with Crippen LogP contribution in [0.2, 0.25) is 0 Å². The molecule has 3 aliphatic rings. The van der Waals surface area contributed by atoms with E-state index in [4.69, 9.17) is 0 Å². The predicted molar refractivity (Wildman–Crippen MR) is 111 cm³/mol. The number of nitrogens with zero attached hydrogens (tertiary/aromatic N) is 2. The Balaban J connectivity index is 1.75. The topological polar surface area (TPSA) is 62.5 Å². The standard InChI is InChI=1S/C21H25N2O3P/c1-11-8-22(10-21(11)5-6-21)18-12(2)17-14(7-16(18)27)19(24)15(20(25)26)9-23(17)13-3-4-13/h7,9,11,13H,3-6,8,10,27H2,1-2H3,(H,25,26)/t11-/m1/s1. The molecule has 1 aromatic carbocycles. The molecule has 27 heavy (non-hydrogen) atoms. The molecule has 1 N–H and O–H groups in total. The quantitative estimate of drug-likeness (QED) is 0.827. The number of aromatic nitrogens is 1. The molecule has 1 saturated heterocycles. The lowest BCUT2D eigenvalue weighted by atomic mass is 9.95. The first kappa shape index (κ1) is 17.2. The highest BCUT2D eigenvalue weighted by Crippen LogP contribution is 2.57. The fourth-order valence-corrected chi connectivity index (χ4v) is 5.62. The van der Waals surface area contributed by atoms with Crippen LogP contribution in [0.15, 0.2) is 17.1 Å². The van der Waals surface area contributed by atoms with Crippen molar-refractivity contribution in [1.82, 2.24) is 4.57 Å². The summed E-state index contributed by atoms with van der Waals surface area (Å²) in [5.74, 6) is -0.454. The van der Waals surface area contributed by atoms with E-state index in [2.05, 4.69) is 32.6 Å². The Kier molecular flexibility index (Phi) is 3.56. The summed E-state index contributed by atoms with van der Waals surface area (Å²) in [7, 11) is 2.78. The zero-order valence-corrected chi connectivity index (χ0v) is 16.9. The maximum absolute atomic E-state index is 12.9. The van der Waals surface area contributed by atoms with Crippen LogP contribution in [0.3, 0.4) is 0 Å². The van der Waals surface area contributed by atoms with E-state index < -0.39 is 5.97 Å². The summed E-state index contributed by atoms with van der Waals surface area (Å²) >= 11 is 0. The lowest BCUT2D eigenvalue weighted by Gasteiger charge is -2.26. The highest BCUT2D eigenvalue weighted by atomic mass is 31.0. The van der Waals surface area contributed by atoms with Crippen LogP contribution in [-0.4, -0.2) is 28.7 Å². The normalized spacial score (nSPS) is 23.4. The Labute approximate surface area is 160 Å². The minimum Gasteiger partial charge on any atom is -0.477 e. The third-order valence-corrected chi connectivity index (χ3v) is 7.42. The minimum atomic E-state index is -1.15. The number of aryl methyl sites for hydroxylation is 1. The Morgan fingerprint density at radius 1 is 1.33 bits per heavy atom. The number of fused-ring (bicyclic) bond motifs is 1. The summed E-state index contributed by atoms with van der Waals surface area (Å²) in [5.41, 5.74) is 3.21. The number of hydrogen-bond donors (Lipinski definition) is 1. The average molecular weight is 384 g/mol. The SMILES string of the molecule is Cc1c(N2C[C@@H](C)C3(CC3)C2)c(P)cc2c(=O)c(C(=O)O)cn(C3CC3)c12. The van der Waals surface area contributed by atoms with Crippen LogP contribution in [0.25, 0.3) is 10.9 Å².